The van der Waals surface area contributed by atoms with E-state index >= 15 is 0 Å². The summed E-state index contributed by atoms with van der Waals surface area (Å²) in [5.41, 5.74) is 8.83. The Morgan fingerprint density at radius 1 is 1.07 bits per heavy atom. The summed E-state index contributed by atoms with van der Waals surface area (Å²) in [4.78, 5) is 30.1. The highest BCUT2D eigenvalue weighted by atomic mass is 32.2. The maximum atomic E-state index is 12.8. The van der Waals surface area contributed by atoms with Gasteiger partial charge in [0, 0.05) is 36.3 Å². The van der Waals surface area contributed by atoms with Crippen molar-refractivity contribution in [2.24, 2.45) is 5.73 Å². The Labute approximate surface area is 163 Å². The van der Waals surface area contributed by atoms with Crippen LogP contribution in [0.1, 0.15) is 22.3 Å². The van der Waals surface area contributed by atoms with Crippen molar-refractivity contribution in [1.82, 2.24) is 4.90 Å². The third kappa shape index (κ3) is 3.73. The van der Waals surface area contributed by atoms with Gasteiger partial charge in [0.05, 0.1) is 11.3 Å². The number of nitrogens with two attached hydrogens (primary N) is 1. The van der Waals surface area contributed by atoms with E-state index < -0.39 is 0 Å². The summed E-state index contributed by atoms with van der Waals surface area (Å²) >= 11 is 1.43. The number of benzene rings is 2. The van der Waals surface area contributed by atoms with Crippen LogP contribution >= 0.6 is 11.8 Å². The summed E-state index contributed by atoms with van der Waals surface area (Å²) in [7, 11) is 0. The second kappa shape index (κ2) is 7.74. The van der Waals surface area contributed by atoms with Crippen LogP contribution in [0.25, 0.3) is 0 Å². The van der Waals surface area contributed by atoms with Gasteiger partial charge in [-0.05, 0) is 36.6 Å². The number of hydrogen-bond donors (Lipinski definition) is 1. The van der Waals surface area contributed by atoms with Crippen LogP contribution in [0.4, 0.5) is 5.69 Å². The number of thioether (sulfide) groups is 1. The molecule has 1 atom stereocenters. The van der Waals surface area contributed by atoms with Crippen molar-refractivity contribution in [3.05, 3.63) is 59.7 Å². The molecule has 2 aromatic rings. The van der Waals surface area contributed by atoms with Crippen LogP contribution in [0.5, 0.6) is 0 Å². The van der Waals surface area contributed by atoms with Crippen LogP contribution in [-0.2, 0) is 11.2 Å². The molecule has 1 fully saturated rings. The molecule has 0 spiro atoms. The molecule has 2 amide bonds. The van der Waals surface area contributed by atoms with Crippen molar-refractivity contribution in [3.63, 3.8) is 0 Å². The monoisotopic (exact) mass is 381 g/mol. The van der Waals surface area contributed by atoms with Crippen molar-refractivity contribution in [3.8, 4) is 0 Å². The summed E-state index contributed by atoms with van der Waals surface area (Å²) in [5, 5.41) is 0. The molecule has 2 N–H and O–H groups in total. The molecule has 0 aromatic heterocycles. The molecule has 2 aromatic carbocycles. The largest absolute Gasteiger partial charge is 0.337 e. The third-order valence-corrected chi connectivity index (χ3v) is 6.23. The van der Waals surface area contributed by atoms with E-state index in [1.807, 2.05) is 52.3 Å². The second-order valence-corrected chi connectivity index (χ2v) is 8.03. The normalized spacial score (nSPS) is 18.6. The van der Waals surface area contributed by atoms with Crippen molar-refractivity contribution in [1.29, 1.82) is 0 Å². The second-order valence-electron chi connectivity index (χ2n) is 7.01. The Morgan fingerprint density at radius 3 is 2.67 bits per heavy atom. The average molecular weight is 382 g/mol. The number of carbonyl (C=O) groups excluding carboxylic acids is 2. The number of likely N-dealkylation sites (tertiary alicyclic amines) is 1. The number of rotatable bonds is 4. The maximum Gasteiger partial charge on any atom is 0.255 e. The summed E-state index contributed by atoms with van der Waals surface area (Å²) in [6.07, 6.45) is 1.74. The molecular formula is C21H23N3O2S. The first-order chi connectivity index (χ1) is 13.1. The number of para-hydroxylation sites is 1. The van der Waals surface area contributed by atoms with Crippen LogP contribution in [-0.4, -0.2) is 48.1 Å². The van der Waals surface area contributed by atoms with Crippen LogP contribution in [0, 0.1) is 0 Å². The number of carbonyl (C=O) groups is 2. The topological polar surface area (TPSA) is 66.6 Å². The molecule has 6 heteroatoms. The Kier molecular flexibility index (Phi) is 5.18. The minimum Gasteiger partial charge on any atom is -0.337 e. The zero-order chi connectivity index (χ0) is 18.8. The van der Waals surface area contributed by atoms with E-state index in [0.717, 1.165) is 30.0 Å². The molecular weight excluding hydrogens is 358 g/mol. The molecule has 2 aliphatic rings. The lowest BCUT2D eigenvalue weighted by atomic mass is 10.2. The molecule has 2 heterocycles. The zero-order valence-corrected chi connectivity index (χ0v) is 16.0. The number of amides is 2. The molecule has 1 saturated heterocycles. The predicted octanol–water partition coefficient (Wildman–Crippen LogP) is 2.54. The summed E-state index contributed by atoms with van der Waals surface area (Å²) in [6.45, 7) is 2.02. The fourth-order valence-corrected chi connectivity index (χ4v) is 4.65. The first-order valence-corrected chi connectivity index (χ1v) is 10.3. The highest BCUT2D eigenvalue weighted by molar-refractivity contribution is 8.00. The summed E-state index contributed by atoms with van der Waals surface area (Å²) < 4.78 is 0. The lowest BCUT2D eigenvalue weighted by molar-refractivity contribution is -0.116. The van der Waals surface area contributed by atoms with Gasteiger partial charge in [-0.1, -0.05) is 30.3 Å². The molecule has 27 heavy (non-hydrogen) atoms. The maximum absolute atomic E-state index is 12.8. The van der Waals surface area contributed by atoms with Crippen molar-refractivity contribution >= 4 is 29.3 Å². The van der Waals surface area contributed by atoms with Gasteiger partial charge in [0.15, 0.2) is 0 Å². The Bertz CT molecular complexity index is 870. The molecule has 0 saturated carbocycles. The molecule has 0 radical (unpaired) electrons. The molecule has 0 bridgehead atoms. The Balaban J connectivity index is 1.45. The fraction of sp³-hybridized carbons (Fsp3) is 0.333. The van der Waals surface area contributed by atoms with Crippen LogP contribution in [0.2, 0.25) is 0 Å². The highest BCUT2D eigenvalue weighted by Crippen LogP contribution is 2.30. The number of anilines is 1. The SMILES string of the molecule is N[C@@H]1CCN(C(=O)c2ccccc2SCC(=O)N2CCc3ccccc32)C1. The quantitative estimate of drug-likeness (QED) is 0.827. The van der Waals surface area contributed by atoms with Crippen LogP contribution in [0.15, 0.2) is 53.4 Å². The number of nitrogens with zero attached hydrogens (tertiary/aromatic N) is 2. The standard InChI is InChI=1S/C21H23N3O2S/c22-16-10-11-23(13-16)21(26)17-6-2-4-8-19(17)27-14-20(25)24-12-9-15-5-1-3-7-18(15)24/h1-8,16H,9-14,22H2/t16-/m1/s1. The van der Waals surface area contributed by atoms with Crippen LogP contribution in [0.3, 0.4) is 0 Å². The predicted molar refractivity (Wildman–Crippen MR) is 108 cm³/mol. The Morgan fingerprint density at radius 2 is 1.85 bits per heavy atom. The van der Waals surface area contributed by atoms with E-state index in [9.17, 15) is 9.59 Å². The minimum atomic E-state index is 0.00465. The molecule has 0 aliphatic carbocycles. The van der Waals surface area contributed by atoms with Gasteiger partial charge in [0.25, 0.3) is 5.91 Å². The van der Waals surface area contributed by atoms with Gasteiger partial charge in [-0.2, -0.15) is 0 Å². The Hall–Kier alpha value is -2.31. The van der Waals surface area contributed by atoms with Gasteiger partial charge in [-0.3, -0.25) is 9.59 Å². The highest BCUT2D eigenvalue weighted by Gasteiger charge is 2.27. The van der Waals surface area contributed by atoms with Gasteiger partial charge in [-0.15, -0.1) is 11.8 Å². The number of fused-ring (bicyclic) bond motifs is 1. The first kappa shape index (κ1) is 18.1. The molecule has 4 rings (SSSR count). The van der Waals surface area contributed by atoms with Crippen molar-refractivity contribution in [2.75, 3.05) is 30.3 Å². The van der Waals surface area contributed by atoms with Gasteiger partial charge in [-0.25, -0.2) is 0 Å². The average Bonchev–Trinajstić information content (AvgIpc) is 3.32. The van der Waals surface area contributed by atoms with E-state index in [1.54, 1.807) is 0 Å². The first-order valence-electron chi connectivity index (χ1n) is 9.28. The van der Waals surface area contributed by atoms with Crippen molar-refractivity contribution < 1.29 is 9.59 Å². The summed E-state index contributed by atoms with van der Waals surface area (Å²) in [6, 6.07) is 15.6. The van der Waals surface area contributed by atoms with E-state index in [4.69, 9.17) is 5.73 Å². The lowest BCUT2D eigenvalue weighted by Gasteiger charge is -2.19. The van der Waals surface area contributed by atoms with E-state index in [0.29, 0.717) is 24.4 Å². The van der Waals surface area contributed by atoms with Gasteiger partial charge in [0.1, 0.15) is 0 Å². The van der Waals surface area contributed by atoms with Gasteiger partial charge >= 0.3 is 0 Å². The van der Waals surface area contributed by atoms with E-state index in [1.165, 1.54) is 17.3 Å². The molecule has 2 aliphatic heterocycles. The summed E-state index contributed by atoms with van der Waals surface area (Å²) in [5.74, 6) is 0.401. The third-order valence-electron chi connectivity index (χ3n) is 5.17. The van der Waals surface area contributed by atoms with Crippen LogP contribution < -0.4 is 10.6 Å². The minimum absolute atomic E-state index is 0.00465. The zero-order valence-electron chi connectivity index (χ0n) is 15.1. The fourth-order valence-electron chi connectivity index (χ4n) is 3.73. The molecule has 5 nitrogen and oxygen atoms in total. The van der Waals surface area contributed by atoms with Gasteiger partial charge in [0.2, 0.25) is 5.91 Å². The smallest absolute Gasteiger partial charge is 0.255 e. The van der Waals surface area contributed by atoms with E-state index in [-0.39, 0.29) is 17.9 Å². The molecule has 140 valence electrons. The lowest BCUT2D eigenvalue weighted by Crippen LogP contribution is -2.32. The van der Waals surface area contributed by atoms with Crippen molar-refractivity contribution in [2.45, 2.75) is 23.8 Å². The van der Waals surface area contributed by atoms with Gasteiger partial charge < -0.3 is 15.5 Å². The van der Waals surface area contributed by atoms with E-state index in [2.05, 4.69) is 6.07 Å². The number of hydrogen-bond acceptors (Lipinski definition) is 4. The molecule has 0 unspecified atom stereocenters.